The molecule has 0 spiro atoms. The second kappa shape index (κ2) is 4.22. The van der Waals surface area contributed by atoms with Crippen molar-refractivity contribution in [1.82, 2.24) is 0 Å². The molecule has 0 aromatic heterocycles. The van der Waals surface area contributed by atoms with Gasteiger partial charge in [0.15, 0.2) is 0 Å². The predicted octanol–water partition coefficient (Wildman–Crippen LogP) is -1.94. The predicted molar refractivity (Wildman–Crippen MR) is 27.7 cm³/mol. The number of hydrogen-bond acceptors (Lipinski definition) is 1. The van der Waals surface area contributed by atoms with Crippen LogP contribution in [0, 0.1) is 0 Å². The minimum absolute atomic E-state index is 0. The van der Waals surface area contributed by atoms with E-state index in [-0.39, 0.29) is 67.2 Å². The average molecular weight is 150 g/mol. The molecule has 0 saturated heterocycles. The van der Waals surface area contributed by atoms with E-state index in [0.717, 1.165) is 0 Å². The van der Waals surface area contributed by atoms with Gasteiger partial charge in [-0.05, 0) is 0 Å². The molecule has 0 unspecified atom stereocenters. The molecule has 0 fully saturated rings. The molecule has 0 aliphatic carbocycles. The molecule has 3 nitrogen and oxygen atoms in total. The number of rotatable bonds is 0. The van der Waals surface area contributed by atoms with Gasteiger partial charge in [-0.3, -0.25) is 4.57 Å². The van der Waals surface area contributed by atoms with E-state index in [1.165, 1.54) is 0 Å². The van der Waals surface area contributed by atoms with Gasteiger partial charge < -0.3 is 9.79 Å². The molecule has 0 saturated carbocycles. The molecule has 0 aliphatic heterocycles. The summed E-state index contributed by atoms with van der Waals surface area (Å²) in [7, 11) is 0. The first-order valence-electron chi connectivity index (χ1n) is 1.03. The molecule has 6 heteroatoms. The molecule has 0 bridgehead atoms. The van der Waals surface area contributed by atoms with Crippen molar-refractivity contribution < 1.29 is 14.4 Å². The molecule has 0 heterocycles. The van der Waals surface area contributed by atoms with Gasteiger partial charge >= 0.3 is 67.2 Å². The molecule has 0 radical (unpaired) electrons. The molecule has 6 heavy (non-hydrogen) atoms. The monoisotopic (exact) mass is 150 g/mol. The van der Waals surface area contributed by atoms with Crippen molar-refractivity contribution in [2.24, 2.45) is 0 Å². The molecule has 0 amide bonds. The van der Waals surface area contributed by atoms with E-state index in [0.29, 0.717) is 0 Å². The van der Waals surface area contributed by atoms with E-state index in [2.05, 4.69) is 0 Å². The van der Waals surface area contributed by atoms with Crippen LogP contribution in [0.2, 0.25) is 0 Å². The summed E-state index contributed by atoms with van der Waals surface area (Å²) in [6.07, 6.45) is -3.50. The molecule has 0 rings (SSSR count). The summed E-state index contributed by atoms with van der Waals surface area (Å²) < 4.78 is 9.39. The Morgan fingerprint density at radius 3 is 1.50 bits per heavy atom. The van der Waals surface area contributed by atoms with Crippen LogP contribution in [-0.2, 0) is 4.57 Å². The van der Waals surface area contributed by atoms with Crippen LogP contribution in [0.25, 0.3) is 0 Å². The molecular weight excluding hydrogens is 145 g/mol. The van der Waals surface area contributed by atoms with Gasteiger partial charge in [0.25, 0.3) is 0 Å². The Hall–Kier alpha value is 2.32. The normalized spacial score (nSPS) is 9.67. The van der Waals surface area contributed by atoms with Crippen molar-refractivity contribution in [3.63, 3.8) is 0 Å². The second-order valence-corrected chi connectivity index (χ2v) is 6.00. The summed E-state index contributed by atoms with van der Waals surface area (Å²) >= 11 is -0.0255. The number of hydrogen-bond donors (Lipinski definition) is 2. The van der Waals surface area contributed by atoms with Gasteiger partial charge in [-0.15, -0.1) is 0 Å². The molecule has 0 aliphatic rings. The van der Waals surface area contributed by atoms with E-state index in [1.54, 1.807) is 0 Å². The van der Waals surface area contributed by atoms with E-state index < -0.39 is 6.24 Å². The van der Waals surface area contributed by atoms with Crippen LogP contribution >= 0.6 is 6.24 Å². The summed E-state index contributed by atoms with van der Waals surface area (Å²) in [4.78, 5) is 15.4. The van der Waals surface area contributed by atoms with E-state index in [4.69, 9.17) is 9.79 Å². The van der Waals surface area contributed by atoms with Gasteiger partial charge in [0.05, 0.1) is 0 Å². The van der Waals surface area contributed by atoms with Crippen LogP contribution in [0.1, 0.15) is 0 Å². The van der Waals surface area contributed by atoms with Crippen LogP contribution in [-0.4, -0.2) is 77.0 Å². The maximum atomic E-state index is 9.39. The second-order valence-electron chi connectivity index (χ2n) is 0.835. The molecular formula is H5AlKO3P. The Balaban J connectivity index is 0. The van der Waals surface area contributed by atoms with Crippen LogP contribution in [0.3, 0.4) is 0 Å². The first kappa shape index (κ1) is 11.2. The van der Waals surface area contributed by atoms with Crippen molar-refractivity contribution in [3.8, 4) is 0 Å². The zero-order chi connectivity index (χ0) is 4.50. The third-order valence-corrected chi connectivity index (χ3v) is 0. The molecule has 2 N–H and O–H groups in total. The zero-order valence-electron chi connectivity index (χ0n) is 2.75. The van der Waals surface area contributed by atoms with Gasteiger partial charge in [-0.1, -0.05) is 0 Å². The molecule has 0 aromatic rings. The summed E-state index contributed by atoms with van der Waals surface area (Å²) in [5.41, 5.74) is 0. The first-order chi connectivity index (χ1) is 2.00. The van der Waals surface area contributed by atoms with Crippen molar-refractivity contribution in [3.05, 3.63) is 0 Å². The maximum absolute atomic E-state index is 9.39. The topological polar surface area (TPSA) is 57.5 Å². The third-order valence-electron chi connectivity index (χ3n) is 0. The molecule has 0 aromatic carbocycles. The van der Waals surface area contributed by atoms with Crippen molar-refractivity contribution in [2.75, 3.05) is 0 Å². The SMILES string of the molecule is O=[P](O)(O)[AlH2].[KH]. The summed E-state index contributed by atoms with van der Waals surface area (Å²) in [6, 6.07) is 0. The Morgan fingerprint density at radius 1 is 1.50 bits per heavy atom. The fourth-order valence-electron chi connectivity index (χ4n) is 0. The first-order valence-corrected chi connectivity index (χ1v) is 5.77. The van der Waals surface area contributed by atoms with Crippen LogP contribution in [0.4, 0.5) is 0 Å². The van der Waals surface area contributed by atoms with Gasteiger partial charge in [-0.2, -0.15) is 0 Å². The van der Waals surface area contributed by atoms with Crippen LogP contribution in [0.15, 0.2) is 0 Å². The Labute approximate surface area is 86.1 Å². The quantitative estimate of drug-likeness (QED) is 0.312. The summed E-state index contributed by atoms with van der Waals surface area (Å²) in [6.45, 7) is 0. The van der Waals surface area contributed by atoms with Gasteiger partial charge in [0.1, 0.15) is 0 Å². The van der Waals surface area contributed by atoms with Gasteiger partial charge in [-0.25, -0.2) is 0 Å². The molecule has 32 valence electrons. The van der Waals surface area contributed by atoms with Crippen LogP contribution < -0.4 is 0 Å². The Bertz CT molecular complexity index is 56.9. The Kier molecular flexibility index (Phi) is 7.85. The summed E-state index contributed by atoms with van der Waals surface area (Å²) in [5.74, 6) is 0. The standard InChI is InChI=1S/Al.K.HO3P.3H/c;;1-4(2)3;;;/h;;(H-,1,2,3);;;/q-1;;;;;/p+1. The third kappa shape index (κ3) is 33.2. The van der Waals surface area contributed by atoms with Gasteiger partial charge in [0, 0.05) is 0 Å². The van der Waals surface area contributed by atoms with E-state index in [9.17, 15) is 4.57 Å². The summed E-state index contributed by atoms with van der Waals surface area (Å²) in [5, 5.41) is 0. The zero-order valence-corrected chi connectivity index (χ0v) is 5.64. The van der Waals surface area contributed by atoms with E-state index >= 15 is 0 Å². The Morgan fingerprint density at radius 2 is 1.50 bits per heavy atom. The fraction of sp³-hybridized carbons (Fsp3) is 0. The van der Waals surface area contributed by atoms with Gasteiger partial charge in [0.2, 0.25) is 6.24 Å². The van der Waals surface area contributed by atoms with Crippen molar-refractivity contribution in [2.45, 2.75) is 0 Å². The molecule has 0 atom stereocenters. The fourth-order valence-corrected chi connectivity index (χ4v) is 0. The average Bonchev–Trinajstić information content (AvgIpc) is 0.722. The van der Waals surface area contributed by atoms with Crippen molar-refractivity contribution in [1.29, 1.82) is 0 Å². The van der Waals surface area contributed by atoms with E-state index in [1.807, 2.05) is 0 Å². The van der Waals surface area contributed by atoms with Crippen LogP contribution in [0.5, 0.6) is 0 Å². The van der Waals surface area contributed by atoms with Crippen molar-refractivity contribution >= 4 is 73.5 Å². The minimum atomic E-state index is -3.50.